The van der Waals surface area contributed by atoms with Gasteiger partial charge < -0.3 is 15.0 Å². The minimum atomic E-state index is -2.25. The fourth-order valence-electron chi connectivity index (χ4n) is 3.86. The third-order valence-corrected chi connectivity index (χ3v) is 6.95. The summed E-state index contributed by atoms with van der Waals surface area (Å²) in [6, 6.07) is 6.29. The van der Waals surface area contributed by atoms with Gasteiger partial charge in [0.1, 0.15) is 11.6 Å². The Morgan fingerprint density at radius 1 is 1.12 bits per heavy atom. The SMILES string of the molecule is C=CCN(CC=C)c1c(COC)ccc(NC(C)=O)c1-c1cc(F)c([Si](C)(C)C)c(F)c1. The van der Waals surface area contributed by atoms with E-state index in [0.29, 0.717) is 35.6 Å². The van der Waals surface area contributed by atoms with E-state index in [1.54, 1.807) is 25.3 Å². The van der Waals surface area contributed by atoms with Crippen LogP contribution >= 0.6 is 0 Å². The average Bonchev–Trinajstić information content (AvgIpc) is 2.66. The van der Waals surface area contributed by atoms with Crippen LogP contribution in [-0.4, -0.2) is 34.2 Å². The third kappa shape index (κ3) is 5.72. The molecular weight excluding hydrogens is 426 g/mol. The van der Waals surface area contributed by atoms with Crippen molar-refractivity contribution >= 4 is 30.5 Å². The molecule has 0 unspecified atom stereocenters. The maximum Gasteiger partial charge on any atom is 0.221 e. The molecule has 1 amide bonds. The van der Waals surface area contributed by atoms with Gasteiger partial charge in [-0.05, 0) is 23.8 Å². The van der Waals surface area contributed by atoms with E-state index in [0.717, 1.165) is 5.56 Å². The lowest BCUT2D eigenvalue weighted by atomic mass is 9.96. The van der Waals surface area contributed by atoms with Gasteiger partial charge in [0.05, 0.1) is 26.1 Å². The van der Waals surface area contributed by atoms with Crippen LogP contribution in [-0.2, 0) is 16.1 Å². The summed E-state index contributed by atoms with van der Waals surface area (Å²) in [7, 11) is -0.665. The summed E-state index contributed by atoms with van der Waals surface area (Å²) < 4.78 is 35.8. The Hall–Kier alpha value is -2.77. The van der Waals surface area contributed by atoms with Gasteiger partial charge in [-0.15, -0.1) is 13.2 Å². The molecule has 2 aromatic carbocycles. The predicted octanol–water partition coefficient (Wildman–Crippen LogP) is 5.46. The maximum atomic E-state index is 15.2. The van der Waals surface area contributed by atoms with Gasteiger partial charge in [0.15, 0.2) is 0 Å². The number of carbonyl (C=O) groups excluding carboxylic acids is 1. The maximum absolute atomic E-state index is 15.2. The first kappa shape index (κ1) is 25.5. The zero-order chi connectivity index (χ0) is 24.1. The van der Waals surface area contributed by atoms with Gasteiger partial charge in [-0.3, -0.25) is 4.79 Å². The summed E-state index contributed by atoms with van der Waals surface area (Å²) in [5, 5.41) is 2.97. The molecule has 4 nitrogen and oxygen atoms in total. The molecule has 0 aliphatic carbocycles. The van der Waals surface area contributed by atoms with Crippen molar-refractivity contribution in [1.29, 1.82) is 0 Å². The van der Waals surface area contributed by atoms with E-state index < -0.39 is 19.7 Å². The first-order valence-electron chi connectivity index (χ1n) is 10.4. The van der Waals surface area contributed by atoms with E-state index in [-0.39, 0.29) is 17.7 Å². The molecule has 0 aromatic heterocycles. The molecule has 0 fully saturated rings. The van der Waals surface area contributed by atoms with Crippen LogP contribution in [0.25, 0.3) is 11.1 Å². The van der Waals surface area contributed by atoms with E-state index in [1.807, 2.05) is 30.6 Å². The van der Waals surface area contributed by atoms with Crippen molar-refractivity contribution in [2.75, 3.05) is 30.4 Å². The summed E-state index contributed by atoms with van der Waals surface area (Å²) in [6.07, 6.45) is 3.48. The quantitative estimate of drug-likeness (QED) is 0.380. The molecule has 2 rings (SSSR count). The molecule has 0 saturated heterocycles. The van der Waals surface area contributed by atoms with Crippen LogP contribution in [0.1, 0.15) is 12.5 Å². The van der Waals surface area contributed by atoms with E-state index >= 15 is 8.78 Å². The second kappa shape index (κ2) is 10.7. The fraction of sp³-hybridized carbons (Fsp3) is 0.320. The molecule has 0 bridgehead atoms. The highest BCUT2D eigenvalue weighted by Crippen LogP contribution is 2.41. The minimum Gasteiger partial charge on any atom is -0.380 e. The molecular formula is C25H32F2N2O2Si. The number of carbonyl (C=O) groups is 1. The van der Waals surface area contributed by atoms with Crippen molar-refractivity contribution < 1.29 is 18.3 Å². The lowest BCUT2D eigenvalue weighted by Crippen LogP contribution is -2.42. The number of amides is 1. The number of methoxy groups -OCH3 is 1. The minimum absolute atomic E-state index is 0.158. The van der Waals surface area contributed by atoms with Gasteiger partial charge in [-0.1, -0.05) is 37.9 Å². The van der Waals surface area contributed by atoms with Gasteiger partial charge in [0, 0.05) is 43.4 Å². The Bertz CT molecular complexity index is 983. The molecule has 0 heterocycles. The largest absolute Gasteiger partial charge is 0.380 e. The number of benzene rings is 2. The molecule has 0 atom stereocenters. The van der Waals surface area contributed by atoms with Crippen LogP contribution in [0.3, 0.4) is 0 Å². The van der Waals surface area contributed by atoms with Crippen molar-refractivity contribution in [2.45, 2.75) is 33.2 Å². The van der Waals surface area contributed by atoms with Crippen LogP contribution in [0.5, 0.6) is 0 Å². The monoisotopic (exact) mass is 458 g/mol. The number of ether oxygens (including phenoxy) is 1. The number of hydrogen-bond donors (Lipinski definition) is 1. The van der Waals surface area contributed by atoms with Gasteiger partial charge in [-0.25, -0.2) is 8.78 Å². The topological polar surface area (TPSA) is 41.6 Å². The molecule has 32 heavy (non-hydrogen) atoms. The first-order chi connectivity index (χ1) is 15.0. The van der Waals surface area contributed by atoms with Gasteiger partial charge in [0.2, 0.25) is 5.91 Å². The number of anilines is 2. The van der Waals surface area contributed by atoms with Crippen molar-refractivity contribution in [1.82, 2.24) is 0 Å². The Kier molecular flexibility index (Phi) is 8.52. The smallest absolute Gasteiger partial charge is 0.221 e. The highest BCUT2D eigenvalue weighted by molar-refractivity contribution is 6.88. The highest BCUT2D eigenvalue weighted by Gasteiger charge is 2.28. The van der Waals surface area contributed by atoms with E-state index in [1.165, 1.54) is 19.1 Å². The third-order valence-electron chi connectivity index (χ3n) is 4.97. The Morgan fingerprint density at radius 3 is 2.12 bits per heavy atom. The number of halogens is 2. The van der Waals surface area contributed by atoms with Crippen molar-refractivity contribution in [2.24, 2.45) is 0 Å². The van der Waals surface area contributed by atoms with Crippen LogP contribution in [0.4, 0.5) is 20.2 Å². The molecule has 0 aliphatic heterocycles. The lowest BCUT2D eigenvalue weighted by Gasteiger charge is -2.29. The molecule has 0 saturated carbocycles. The molecule has 1 N–H and O–H groups in total. The fourth-order valence-corrected chi connectivity index (χ4v) is 5.43. The van der Waals surface area contributed by atoms with Crippen LogP contribution in [0, 0.1) is 11.6 Å². The number of rotatable bonds is 10. The number of hydrogen-bond acceptors (Lipinski definition) is 3. The van der Waals surface area contributed by atoms with Crippen molar-refractivity contribution in [3.05, 3.63) is 66.8 Å². The van der Waals surface area contributed by atoms with Crippen LogP contribution < -0.4 is 15.4 Å². The van der Waals surface area contributed by atoms with Gasteiger partial charge in [-0.2, -0.15) is 0 Å². The van der Waals surface area contributed by atoms with Crippen molar-refractivity contribution in [3.8, 4) is 11.1 Å². The van der Waals surface area contributed by atoms with Crippen LogP contribution in [0.2, 0.25) is 19.6 Å². The summed E-state index contributed by atoms with van der Waals surface area (Å²) in [5.74, 6) is -1.43. The molecule has 172 valence electrons. The zero-order valence-corrected chi connectivity index (χ0v) is 20.5. The van der Waals surface area contributed by atoms with Crippen molar-refractivity contribution in [3.63, 3.8) is 0 Å². The number of nitrogens with zero attached hydrogens (tertiary/aromatic N) is 1. The highest BCUT2D eigenvalue weighted by atomic mass is 28.3. The number of nitrogens with one attached hydrogen (secondary N) is 1. The average molecular weight is 459 g/mol. The Balaban J connectivity index is 2.94. The Labute approximate surface area is 190 Å². The second-order valence-corrected chi connectivity index (χ2v) is 13.7. The van der Waals surface area contributed by atoms with Gasteiger partial charge >= 0.3 is 0 Å². The molecule has 0 spiro atoms. The van der Waals surface area contributed by atoms with E-state index in [4.69, 9.17) is 4.74 Å². The van der Waals surface area contributed by atoms with Crippen LogP contribution in [0.15, 0.2) is 49.6 Å². The summed E-state index contributed by atoms with van der Waals surface area (Å²) >= 11 is 0. The molecule has 0 radical (unpaired) electrons. The van der Waals surface area contributed by atoms with E-state index in [2.05, 4.69) is 18.5 Å². The Morgan fingerprint density at radius 2 is 1.69 bits per heavy atom. The summed E-state index contributed by atoms with van der Waals surface area (Å²) in [6.45, 7) is 16.0. The molecule has 0 aliphatic rings. The van der Waals surface area contributed by atoms with E-state index in [9.17, 15) is 4.79 Å². The van der Waals surface area contributed by atoms with Gasteiger partial charge in [0.25, 0.3) is 0 Å². The molecule has 2 aromatic rings. The predicted molar refractivity (Wildman–Crippen MR) is 132 cm³/mol. The molecule has 7 heteroatoms. The zero-order valence-electron chi connectivity index (χ0n) is 19.5. The first-order valence-corrected chi connectivity index (χ1v) is 13.9. The normalized spacial score (nSPS) is 11.2. The summed E-state index contributed by atoms with van der Waals surface area (Å²) in [5.41, 5.74) is 2.85. The summed E-state index contributed by atoms with van der Waals surface area (Å²) in [4.78, 5) is 13.9. The lowest BCUT2D eigenvalue weighted by molar-refractivity contribution is -0.114. The standard InChI is InChI=1S/C25H32F2N2O2Si/c1-8-12-29(13-9-2)24-18(16-31-4)10-11-22(28-17(3)30)23(24)19-14-20(26)25(21(27)15-19)32(5,6)7/h8-11,14-15H,1-2,12-13,16H2,3-7H3,(H,28,30). The second-order valence-electron chi connectivity index (χ2n) is 8.66.